The van der Waals surface area contributed by atoms with E-state index in [2.05, 4.69) is 10.2 Å². The second-order valence-corrected chi connectivity index (χ2v) is 11.7. The fraction of sp³-hybridized carbons (Fsp3) is 0.826. The van der Waals surface area contributed by atoms with E-state index in [1.165, 1.54) is 4.90 Å². The topological polar surface area (TPSA) is 134 Å². The first-order chi connectivity index (χ1) is 16.2. The highest BCUT2D eigenvalue weighted by Gasteiger charge is 2.60. The smallest absolute Gasteiger partial charge is 0.451 e. The van der Waals surface area contributed by atoms with Crippen molar-refractivity contribution < 1.29 is 29.9 Å². The van der Waals surface area contributed by atoms with Gasteiger partial charge in [-0.2, -0.15) is 0 Å². The molecule has 0 aromatic carbocycles. The molecule has 1 unspecified atom stereocenters. The summed E-state index contributed by atoms with van der Waals surface area (Å²) in [4.78, 5) is 29.3. The molecule has 0 spiro atoms. The normalized spacial score (nSPS) is 34.9. The van der Waals surface area contributed by atoms with Crippen molar-refractivity contribution in [1.29, 1.82) is 0 Å². The zero-order valence-corrected chi connectivity index (χ0v) is 20.9. The van der Waals surface area contributed by atoms with Gasteiger partial charge in [0.25, 0.3) is 0 Å². The highest BCUT2D eigenvalue weighted by Crippen LogP contribution is 2.52. The fourth-order valence-corrected chi connectivity index (χ4v) is 7.78. The molecule has 11 heteroatoms. The van der Waals surface area contributed by atoms with Crippen LogP contribution in [-0.4, -0.2) is 98.2 Å². The number of amides is 1. The summed E-state index contributed by atoms with van der Waals surface area (Å²) < 4.78 is 0. The van der Waals surface area contributed by atoms with Crippen molar-refractivity contribution in [3.63, 3.8) is 0 Å². The van der Waals surface area contributed by atoms with Gasteiger partial charge in [0.15, 0.2) is 0 Å². The molecule has 0 aromatic heterocycles. The molecule has 34 heavy (non-hydrogen) atoms. The number of nitrogens with one attached hydrogen (secondary N) is 1. The third kappa shape index (κ3) is 5.20. The van der Waals surface area contributed by atoms with Crippen molar-refractivity contribution in [1.82, 2.24) is 15.1 Å². The second-order valence-electron chi connectivity index (χ2n) is 10.4. The Kier molecular flexibility index (Phi) is 8.31. The predicted octanol–water partition coefficient (Wildman–Crippen LogP) is 0.711. The van der Waals surface area contributed by atoms with E-state index in [0.29, 0.717) is 23.7 Å². The third-order valence-corrected chi connectivity index (χ3v) is 9.60. The lowest BCUT2D eigenvalue weighted by atomic mass is 9.79. The van der Waals surface area contributed by atoms with Crippen molar-refractivity contribution in [3.8, 4) is 0 Å². The Morgan fingerprint density at radius 3 is 2.56 bits per heavy atom. The van der Waals surface area contributed by atoms with Gasteiger partial charge in [-0.15, -0.1) is 11.8 Å². The lowest BCUT2D eigenvalue weighted by Crippen LogP contribution is -2.63. The van der Waals surface area contributed by atoms with Gasteiger partial charge in [-0.05, 0) is 64.9 Å². The van der Waals surface area contributed by atoms with Gasteiger partial charge in [0.2, 0.25) is 5.91 Å². The summed E-state index contributed by atoms with van der Waals surface area (Å²) in [6, 6.07) is 0.798. The van der Waals surface area contributed by atoms with Gasteiger partial charge in [0.05, 0.1) is 18.1 Å². The first-order valence-corrected chi connectivity index (χ1v) is 13.6. The van der Waals surface area contributed by atoms with Crippen LogP contribution in [0.15, 0.2) is 10.6 Å². The third-order valence-electron chi connectivity index (χ3n) is 8.07. The number of aliphatic hydroxyl groups is 1. The number of hydrogen-bond acceptors (Lipinski definition) is 8. The molecule has 0 radical (unpaired) electrons. The van der Waals surface area contributed by atoms with Gasteiger partial charge < -0.3 is 30.5 Å². The molecule has 0 aromatic rings. The zero-order valence-electron chi connectivity index (χ0n) is 20.1. The summed E-state index contributed by atoms with van der Waals surface area (Å²) >= 11 is 1.64. The SMILES string of the molecule is C[C@H]1C(S[C@@H]2CCN(C3CCC(NCCCB(O)O)CC3)C2)=C(C(=O)O)N2C(=O)[C@H]([C@@H](C)O)C12. The first-order valence-electron chi connectivity index (χ1n) is 12.7. The number of carboxylic acid groups (broad SMARTS) is 1. The van der Waals surface area contributed by atoms with E-state index in [1.54, 1.807) is 18.7 Å². The van der Waals surface area contributed by atoms with Gasteiger partial charge >= 0.3 is 13.1 Å². The summed E-state index contributed by atoms with van der Waals surface area (Å²) in [7, 11) is -1.22. The first kappa shape index (κ1) is 26.0. The molecule has 2 saturated heterocycles. The van der Waals surface area contributed by atoms with Crippen LogP contribution < -0.4 is 5.32 Å². The summed E-state index contributed by atoms with van der Waals surface area (Å²) in [6.45, 7) is 6.35. The molecule has 9 nitrogen and oxygen atoms in total. The molecule has 5 N–H and O–H groups in total. The van der Waals surface area contributed by atoms with Crippen LogP contribution in [0.1, 0.15) is 52.4 Å². The second kappa shape index (κ2) is 10.9. The standard InChI is InChI=1S/C23H38BN3O6S/c1-13-19-18(14(2)28)22(29)27(19)20(23(30)31)21(13)34-17-8-11-26(12-17)16-6-4-15(5-7-16)25-10-3-9-24(32)33/h13-19,25,28,32-33H,3-12H2,1-2H3,(H,30,31)/t13-,14-,15?,16?,17-,18-,19?/m1/s1. The van der Waals surface area contributed by atoms with Crippen LogP contribution in [-0.2, 0) is 9.59 Å². The molecular formula is C23H38BN3O6S. The molecule has 3 heterocycles. The lowest BCUT2D eigenvalue weighted by Gasteiger charge is -2.46. The number of carbonyl (C=O) groups excluding carboxylic acids is 1. The highest BCUT2D eigenvalue weighted by molar-refractivity contribution is 8.03. The summed E-state index contributed by atoms with van der Waals surface area (Å²) in [6.07, 6.45) is 5.90. The number of aliphatic carboxylic acids is 1. The van der Waals surface area contributed by atoms with E-state index in [-0.39, 0.29) is 23.6 Å². The maximum absolute atomic E-state index is 12.5. The van der Waals surface area contributed by atoms with Crippen LogP contribution >= 0.6 is 11.8 Å². The molecule has 1 aliphatic carbocycles. The van der Waals surface area contributed by atoms with Gasteiger partial charge in [-0.25, -0.2) is 4.79 Å². The number of carbonyl (C=O) groups is 2. The highest BCUT2D eigenvalue weighted by atomic mass is 32.2. The van der Waals surface area contributed by atoms with Crippen LogP contribution in [0.3, 0.4) is 0 Å². The Hall–Kier alpha value is -1.11. The number of β-lactam (4-membered cyclic amide) rings is 1. The Morgan fingerprint density at radius 2 is 1.94 bits per heavy atom. The quantitative estimate of drug-likeness (QED) is 0.169. The molecule has 0 bridgehead atoms. The van der Waals surface area contributed by atoms with E-state index < -0.39 is 25.1 Å². The van der Waals surface area contributed by atoms with Gasteiger partial charge in [0.1, 0.15) is 5.70 Å². The number of nitrogens with zero attached hydrogens (tertiary/aromatic N) is 2. The average Bonchev–Trinajstić information content (AvgIpc) is 3.33. The Balaban J connectivity index is 1.28. The van der Waals surface area contributed by atoms with Crippen LogP contribution in [0.4, 0.5) is 0 Å². The van der Waals surface area contributed by atoms with E-state index in [9.17, 15) is 19.8 Å². The Bertz CT molecular complexity index is 804. The van der Waals surface area contributed by atoms with Gasteiger partial charge in [0, 0.05) is 34.7 Å². The molecule has 1 saturated carbocycles. The van der Waals surface area contributed by atoms with Crippen molar-refractivity contribution in [2.24, 2.45) is 11.8 Å². The molecule has 190 valence electrons. The van der Waals surface area contributed by atoms with Crippen LogP contribution in [0, 0.1) is 11.8 Å². The van der Waals surface area contributed by atoms with Crippen molar-refractivity contribution >= 4 is 30.8 Å². The summed E-state index contributed by atoms with van der Waals surface area (Å²) in [5, 5.41) is 41.6. The number of hydrogen-bond donors (Lipinski definition) is 5. The number of aliphatic hydroxyl groups excluding tert-OH is 1. The van der Waals surface area contributed by atoms with E-state index in [0.717, 1.165) is 63.1 Å². The summed E-state index contributed by atoms with van der Waals surface area (Å²) in [5.41, 5.74) is 0.128. The van der Waals surface area contributed by atoms with Gasteiger partial charge in [-0.1, -0.05) is 6.92 Å². The minimum Gasteiger partial charge on any atom is -0.477 e. The maximum atomic E-state index is 12.5. The molecule has 1 amide bonds. The van der Waals surface area contributed by atoms with E-state index >= 15 is 0 Å². The predicted molar refractivity (Wildman–Crippen MR) is 131 cm³/mol. The minimum absolute atomic E-state index is 0.0732. The lowest BCUT2D eigenvalue weighted by molar-refractivity contribution is -0.163. The van der Waals surface area contributed by atoms with Crippen LogP contribution in [0.5, 0.6) is 0 Å². The fourth-order valence-electron chi connectivity index (χ4n) is 6.28. The zero-order chi connectivity index (χ0) is 24.6. The van der Waals surface area contributed by atoms with E-state index in [1.807, 2.05) is 6.92 Å². The number of thioether (sulfide) groups is 1. The van der Waals surface area contributed by atoms with Crippen molar-refractivity contribution in [3.05, 3.63) is 10.6 Å². The number of likely N-dealkylation sites (tertiary alicyclic amines) is 1. The molecule has 4 aliphatic rings. The summed E-state index contributed by atoms with van der Waals surface area (Å²) in [5.74, 6) is -1.91. The largest absolute Gasteiger partial charge is 0.477 e. The molecular weight excluding hydrogens is 457 g/mol. The molecule has 4 rings (SSSR count). The van der Waals surface area contributed by atoms with Crippen molar-refractivity contribution in [2.75, 3.05) is 19.6 Å². The van der Waals surface area contributed by atoms with Gasteiger partial charge in [-0.3, -0.25) is 9.69 Å². The monoisotopic (exact) mass is 495 g/mol. The molecule has 5 atom stereocenters. The van der Waals surface area contributed by atoms with E-state index in [4.69, 9.17) is 10.0 Å². The van der Waals surface area contributed by atoms with Crippen LogP contribution in [0.25, 0.3) is 0 Å². The Morgan fingerprint density at radius 1 is 1.24 bits per heavy atom. The number of carboxylic acids is 1. The Labute approximate surface area is 206 Å². The number of rotatable bonds is 10. The molecule has 3 fully saturated rings. The van der Waals surface area contributed by atoms with Crippen molar-refractivity contribution in [2.45, 2.75) is 88.2 Å². The average molecular weight is 495 g/mol. The molecule has 3 aliphatic heterocycles. The van der Waals surface area contributed by atoms with Crippen LogP contribution in [0.2, 0.25) is 6.32 Å². The minimum atomic E-state index is -1.22. The number of fused-ring (bicyclic) bond motifs is 1. The maximum Gasteiger partial charge on any atom is 0.451 e.